The van der Waals surface area contributed by atoms with Crippen molar-refractivity contribution in [3.05, 3.63) is 15.8 Å². The quantitative estimate of drug-likeness (QED) is 0.463. The van der Waals surface area contributed by atoms with Crippen molar-refractivity contribution in [3.8, 4) is 0 Å². The van der Waals surface area contributed by atoms with Gasteiger partial charge in [0, 0.05) is 0 Å². The van der Waals surface area contributed by atoms with Crippen LogP contribution in [0.2, 0.25) is 0 Å². The first kappa shape index (κ1) is 6.46. The fourth-order valence-corrected chi connectivity index (χ4v) is 0.420. The van der Waals surface area contributed by atoms with Crippen LogP contribution in [-0.4, -0.2) is 15.3 Å². The lowest BCUT2D eigenvalue weighted by atomic mass is 10.5. The number of hydrogen-bond acceptors (Lipinski definition) is 5. The lowest BCUT2D eigenvalue weighted by Crippen LogP contribution is -2.08. The highest BCUT2D eigenvalue weighted by Crippen LogP contribution is 2.05. The van der Waals surface area contributed by atoms with Crippen LogP contribution in [0.1, 0.15) is 5.69 Å². The molecule has 0 aromatic carbocycles. The van der Waals surface area contributed by atoms with Gasteiger partial charge >= 0.3 is 0 Å². The van der Waals surface area contributed by atoms with Gasteiger partial charge in [-0.15, -0.1) is 0 Å². The Morgan fingerprint density at radius 1 is 1.70 bits per heavy atom. The van der Waals surface area contributed by atoms with Crippen LogP contribution in [0.25, 0.3) is 0 Å². The molecule has 0 radical (unpaired) electrons. The lowest BCUT2D eigenvalue weighted by molar-refractivity contribution is -0.445. The average molecular weight is 144 g/mol. The molecule has 0 atom stereocenters. The molecule has 0 unspecified atom stereocenters. The maximum Gasteiger partial charge on any atom is 0.256 e. The Bertz CT molecular complexity index is 244. The molecule has 0 aliphatic heterocycles. The number of rotatable bonds is 2. The molecular formula is C3H4N4O3. The first-order chi connectivity index (χ1) is 4.70. The van der Waals surface area contributed by atoms with Crippen LogP contribution in [0.15, 0.2) is 4.63 Å². The van der Waals surface area contributed by atoms with Gasteiger partial charge in [-0.05, 0) is 12.1 Å². The van der Waals surface area contributed by atoms with Gasteiger partial charge < -0.3 is 0 Å². The number of aromatic nitrogens is 2. The van der Waals surface area contributed by atoms with E-state index in [2.05, 4.69) is 14.9 Å². The fourth-order valence-electron chi connectivity index (χ4n) is 0.420. The molecule has 1 aromatic heterocycles. The van der Waals surface area contributed by atoms with E-state index in [1.54, 1.807) is 6.92 Å². The zero-order valence-electron chi connectivity index (χ0n) is 5.07. The number of nitrogens with zero attached hydrogens (tertiary/aromatic N) is 3. The minimum Gasteiger partial charge on any atom is -0.242 e. The van der Waals surface area contributed by atoms with Crippen LogP contribution >= 0.6 is 0 Å². The summed E-state index contributed by atoms with van der Waals surface area (Å²) < 4.78 is 4.18. The van der Waals surface area contributed by atoms with Crippen LogP contribution in [-0.2, 0) is 0 Å². The molecule has 0 fully saturated rings. The fraction of sp³-hybridized carbons (Fsp3) is 0.333. The number of hydrazine groups is 1. The molecule has 1 heterocycles. The number of hydrogen-bond donors (Lipinski definition) is 1. The highest BCUT2D eigenvalue weighted by atomic mass is 16.7. The van der Waals surface area contributed by atoms with Crippen molar-refractivity contribution < 1.29 is 9.66 Å². The Labute approximate surface area is 55.1 Å². The van der Waals surface area contributed by atoms with Gasteiger partial charge in [-0.1, -0.05) is 10.6 Å². The summed E-state index contributed by atoms with van der Waals surface area (Å²) in [4.78, 5) is 9.80. The summed E-state index contributed by atoms with van der Waals surface area (Å²) in [7, 11) is 0. The second kappa shape index (κ2) is 2.29. The summed E-state index contributed by atoms with van der Waals surface area (Å²) in [5.74, 6) is 0.0324. The Balaban J connectivity index is 2.74. The van der Waals surface area contributed by atoms with Gasteiger partial charge in [0.15, 0.2) is 5.03 Å². The van der Waals surface area contributed by atoms with E-state index in [1.807, 2.05) is 5.43 Å². The summed E-state index contributed by atoms with van der Waals surface area (Å²) in [6.07, 6.45) is 0. The molecule has 0 saturated heterocycles. The minimum atomic E-state index is -0.730. The average Bonchev–Trinajstić information content (AvgIpc) is 2.15. The van der Waals surface area contributed by atoms with E-state index in [0.717, 1.165) is 0 Å². The zero-order valence-corrected chi connectivity index (χ0v) is 5.07. The number of nitro groups is 1. The summed E-state index contributed by atoms with van der Waals surface area (Å²) in [5.41, 5.74) is 2.17. The summed E-state index contributed by atoms with van der Waals surface area (Å²) >= 11 is 0. The smallest absolute Gasteiger partial charge is 0.242 e. The highest BCUT2D eigenvalue weighted by Gasteiger charge is 2.08. The third kappa shape index (κ3) is 1.19. The molecule has 0 aliphatic carbocycles. The summed E-state index contributed by atoms with van der Waals surface area (Å²) in [6, 6.07) is 0. The van der Waals surface area contributed by atoms with Crippen molar-refractivity contribution in [2.24, 2.45) is 0 Å². The molecule has 1 aromatic rings. The van der Waals surface area contributed by atoms with Crippen molar-refractivity contribution in [2.75, 3.05) is 5.43 Å². The van der Waals surface area contributed by atoms with Crippen molar-refractivity contribution in [3.63, 3.8) is 0 Å². The number of anilines is 1. The van der Waals surface area contributed by atoms with Gasteiger partial charge in [0.25, 0.3) is 5.82 Å². The van der Waals surface area contributed by atoms with E-state index in [1.165, 1.54) is 0 Å². The van der Waals surface area contributed by atoms with Crippen molar-refractivity contribution >= 4 is 5.82 Å². The molecule has 10 heavy (non-hydrogen) atoms. The molecule has 1 rings (SSSR count). The van der Waals surface area contributed by atoms with Crippen molar-refractivity contribution in [2.45, 2.75) is 6.92 Å². The van der Waals surface area contributed by atoms with Gasteiger partial charge in [0.2, 0.25) is 0 Å². The Hall–Kier alpha value is -1.66. The van der Waals surface area contributed by atoms with Gasteiger partial charge in [0.1, 0.15) is 5.69 Å². The highest BCUT2D eigenvalue weighted by molar-refractivity contribution is 5.33. The summed E-state index contributed by atoms with van der Waals surface area (Å²) in [5, 5.41) is 15.6. The first-order valence-electron chi connectivity index (χ1n) is 2.40. The molecule has 0 saturated carbocycles. The predicted octanol–water partition coefficient (Wildman–Crippen LogP) is -0.0184. The number of aryl methyl sites for hydroxylation is 1. The SMILES string of the molecule is Cc1nonc1N[N+](=O)[O-]. The van der Waals surface area contributed by atoms with Crippen LogP contribution in [0, 0.1) is 17.0 Å². The van der Waals surface area contributed by atoms with Gasteiger partial charge in [0.05, 0.1) is 0 Å². The maximum absolute atomic E-state index is 9.80. The molecule has 0 bridgehead atoms. The van der Waals surface area contributed by atoms with E-state index < -0.39 is 5.03 Å². The van der Waals surface area contributed by atoms with Crippen molar-refractivity contribution in [1.82, 2.24) is 10.3 Å². The standard InChI is InChI=1S/C3H4N4O3/c1-2-3(4-7(8)9)6-10-5-2/h1H3,(H,4,6). The monoisotopic (exact) mass is 144 g/mol. The van der Waals surface area contributed by atoms with Crippen LogP contribution in [0.4, 0.5) is 5.82 Å². The third-order valence-electron chi connectivity index (χ3n) is 0.850. The van der Waals surface area contributed by atoms with E-state index in [9.17, 15) is 10.1 Å². The molecule has 1 N–H and O–H groups in total. The van der Waals surface area contributed by atoms with Gasteiger partial charge in [-0.3, -0.25) is 0 Å². The zero-order chi connectivity index (χ0) is 7.56. The Morgan fingerprint density at radius 2 is 2.40 bits per heavy atom. The van der Waals surface area contributed by atoms with Crippen LogP contribution in [0.5, 0.6) is 0 Å². The van der Waals surface area contributed by atoms with E-state index in [0.29, 0.717) is 5.69 Å². The predicted molar refractivity (Wildman–Crippen MR) is 29.7 cm³/mol. The molecular weight excluding hydrogens is 140 g/mol. The molecule has 0 amide bonds. The van der Waals surface area contributed by atoms with Gasteiger partial charge in [-0.25, -0.2) is 14.7 Å². The van der Waals surface area contributed by atoms with Crippen molar-refractivity contribution in [1.29, 1.82) is 0 Å². The number of nitrogens with one attached hydrogen (secondary N) is 1. The Kier molecular flexibility index (Phi) is 1.48. The van der Waals surface area contributed by atoms with Crippen LogP contribution in [0.3, 0.4) is 0 Å². The topological polar surface area (TPSA) is 94.1 Å². The normalized spacial score (nSPS) is 9.30. The third-order valence-corrected chi connectivity index (χ3v) is 0.850. The molecule has 54 valence electrons. The van der Waals surface area contributed by atoms with E-state index in [4.69, 9.17) is 0 Å². The van der Waals surface area contributed by atoms with E-state index in [-0.39, 0.29) is 5.82 Å². The largest absolute Gasteiger partial charge is 0.256 e. The minimum absolute atomic E-state index is 0.0324. The second-order valence-electron chi connectivity index (χ2n) is 1.57. The molecule has 0 aliphatic rings. The van der Waals surface area contributed by atoms with Gasteiger partial charge in [-0.2, -0.15) is 0 Å². The van der Waals surface area contributed by atoms with Crippen LogP contribution < -0.4 is 5.43 Å². The first-order valence-corrected chi connectivity index (χ1v) is 2.40. The van der Waals surface area contributed by atoms with E-state index >= 15 is 0 Å². The lowest BCUT2D eigenvalue weighted by Gasteiger charge is -1.86. The Morgan fingerprint density at radius 3 is 2.80 bits per heavy atom. The molecule has 7 nitrogen and oxygen atoms in total. The summed E-state index contributed by atoms with van der Waals surface area (Å²) in [6.45, 7) is 1.54. The molecule has 7 heteroatoms. The maximum atomic E-state index is 9.80. The second-order valence-corrected chi connectivity index (χ2v) is 1.57. The molecule has 0 spiro atoms.